The molecule has 134 valence electrons. The maximum absolute atomic E-state index is 12.7. The smallest absolute Gasteiger partial charge is 0.322 e. The number of nitrogens with one attached hydrogen (secondary N) is 1. The van der Waals surface area contributed by atoms with E-state index in [4.69, 9.17) is 9.15 Å². The van der Waals surface area contributed by atoms with Crippen molar-refractivity contribution in [3.05, 3.63) is 42.0 Å². The summed E-state index contributed by atoms with van der Waals surface area (Å²) in [4.78, 5) is 20.7. The van der Waals surface area contributed by atoms with E-state index in [2.05, 4.69) is 10.3 Å². The normalized spacial score (nSPS) is 16.9. The van der Waals surface area contributed by atoms with E-state index < -0.39 is 0 Å². The molecule has 7 nitrogen and oxygen atoms in total. The van der Waals surface area contributed by atoms with Gasteiger partial charge in [-0.05, 0) is 37.1 Å². The average Bonchev–Trinajstić information content (AvgIpc) is 3.24. The third kappa shape index (κ3) is 3.93. The Morgan fingerprint density at radius 3 is 2.92 bits per heavy atom. The third-order valence-corrected chi connectivity index (χ3v) is 4.27. The molecule has 7 heteroatoms. The first-order chi connectivity index (χ1) is 12.1. The number of carbonyl (C=O) groups is 1. The molecule has 2 aromatic rings. The molecule has 0 radical (unpaired) electrons. The SMILES string of the molecule is COCc1ccc([C@@H]2CCCN2C(=O)Nc2ccc(N(C)C)nc2)o1. The van der Waals surface area contributed by atoms with Gasteiger partial charge in [-0.25, -0.2) is 9.78 Å². The van der Waals surface area contributed by atoms with Crippen LogP contribution < -0.4 is 10.2 Å². The first-order valence-corrected chi connectivity index (χ1v) is 8.37. The molecule has 0 unspecified atom stereocenters. The number of methoxy groups -OCH3 is 1. The van der Waals surface area contributed by atoms with Gasteiger partial charge in [0.1, 0.15) is 23.9 Å². The van der Waals surface area contributed by atoms with Crippen LogP contribution in [0.4, 0.5) is 16.3 Å². The number of urea groups is 1. The van der Waals surface area contributed by atoms with Crippen molar-refractivity contribution < 1.29 is 13.9 Å². The van der Waals surface area contributed by atoms with Crippen molar-refractivity contribution in [2.24, 2.45) is 0 Å². The van der Waals surface area contributed by atoms with E-state index in [1.807, 2.05) is 48.2 Å². The Morgan fingerprint density at radius 1 is 1.40 bits per heavy atom. The van der Waals surface area contributed by atoms with E-state index in [0.29, 0.717) is 18.8 Å². The number of ether oxygens (including phenoxy) is 1. The Bertz CT molecular complexity index is 711. The number of amides is 2. The highest BCUT2D eigenvalue weighted by Crippen LogP contribution is 2.33. The van der Waals surface area contributed by atoms with Gasteiger partial charge in [0.25, 0.3) is 0 Å². The Morgan fingerprint density at radius 2 is 2.24 bits per heavy atom. The molecular weight excluding hydrogens is 320 g/mol. The van der Waals surface area contributed by atoms with E-state index in [0.717, 1.165) is 30.2 Å². The van der Waals surface area contributed by atoms with Gasteiger partial charge in [0.2, 0.25) is 0 Å². The van der Waals surface area contributed by atoms with Gasteiger partial charge in [0, 0.05) is 27.7 Å². The number of rotatable bonds is 5. The summed E-state index contributed by atoms with van der Waals surface area (Å²) in [7, 11) is 5.49. The minimum atomic E-state index is -0.133. The predicted octanol–water partition coefficient (Wildman–Crippen LogP) is 3.26. The second-order valence-corrected chi connectivity index (χ2v) is 6.32. The number of hydrogen-bond donors (Lipinski definition) is 1. The molecule has 25 heavy (non-hydrogen) atoms. The van der Waals surface area contributed by atoms with Crippen molar-refractivity contribution in [3.63, 3.8) is 0 Å². The number of furan rings is 1. The zero-order chi connectivity index (χ0) is 17.8. The minimum absolute atomic E-state index is 0.0420. The lowest BCUT2D eigenvalue weighted by atomic mass is 10.2. The largest absolute Gasteiger partial charge is 0.461 e. The minimum Gasteiger partial charge on any atom is -0.461 e. The Balaban J connectivity index is 1.67. The molecular formula is C18H24N4O3. The number of carbonyl (C=O) groups excluding carboxylic acids is 1. The highest BCUT2D eigenvalue weighted by molar-refractivity contribution is 5.89. The van der Waals surface area contributed by atoms with Gasteiger partial charge in [-0.2, -0.15) is 0 Å². The maximum Gasteiger partial charge on any atom is 0.322 e. The molecule has 1 aliphatic rings. The lowest BCUT2D eigenvalue weighted by molar-refractivity contribution is 0.157. The molecule has 3 heterocycles. The van der Waals surface area contributed by atoms with Crippen LogP contribution in [0.2, 0.25) is 0 Å². The quantitative estimate of drug-likeness (QED) is 0.901. The number of hydrogen-bond acceptors (Lipinski definition) is 5. The van der Waals surface area contributed by atoms with Crippen LogP contribution in [0.15, 0.2) is 34.9 Å². The molecule has 1 fully saturated rings. The van der Waals surface area contributed by atoms with Gasteiger partial charge >= 0.3 is 6.03 Å². The molecule has 0 spiro atoms. The van der Waals surface area contributed by atoms with Crippen LogP contribution >= 0.6 is 0 Å². The summed E-state index contributed by atoms with van der Waals surface area (Å²) in [6.45, 7) is 1.14. The Hall–Kier alpha value is -2.54. The van der Waals surface area contributed by atoms with E-state index in [1.165, 1.54) is 0 Å². The first-order valence-electron chi connectivity index (χ1n) is 8.37. The molecule has 3 rings (SSSR count). The Kier molecular flexibility index (Phi) is 5.23. The summed E-state index contributed by atoms with van der Waals surface area (Å²) in [6, 6.07) is 7.39. The van der Waals surface area contributed by atoms with Gasteiger partial charge in [-0.1, -0.05) is 0 Å². The molecule has 0 saturated carbocycles. The number of likely N-dealkylation sites (tertiary alicyclic amines) is 1. The molecule has 1 saturated heterocycles. The van der Waals surface area contributed by atoms with Crippen molar-refractivity contribution in [1.82, 2.24) is 9.88 Å². The highest BCUT2D eigenvalue weighted by atomic mass is 16.5. The highest BCUT2D eigenvalue weighted by Gasteiger charge is 2.32. The van der Waals surface area contributed by atoms with Crippen LogP contribution in [-0.4, -0.2) is 43.7 Å². The molecule has 2 amide bonds. The van der Waals surface area contributed by atoms with Crippen LogP contribution in [0.3, 0.4) is 0 Å². The van der Waals surface area contributed by atoms with E-state index in [-0.39, 0.29) is 12.1 Å². The fourth-order valence-electron chi connectivity index (χ4n) is 3.02. The van der Waals surface area contributed by atoms with Crippen molar-refractivity contribution in [1.29, 1.82) is 0 Å². The third-order valence-electron chi connectivity index (χ3n) is 4.27. The molecule has 1 N–H and O–H groups in total. The van der Waals surface area contributed by atoms with Crippen LogP contribution in [-0.2, 0) is 11.3 Å². The van der Waals surface area contributed by atoms with Gasteiger partial charge in [0.05, 0.1) is 17.9 Å². The zero-order valence-corrected chi connectivity index (χ0v) is 14.9. The summed E-state index contributed by atoms with van der Waals surface area (Å²) < 4.78 is 10.9. The number of aromatic nitrogens is 1. The molecule has 0 aliphatic carbocycles. The number of pyridine rings is 1. The van der Waals surface area contributed by atoms with Gasteiger partial charge < -0.3 is 24.3 Å². The molecule has 1 atom stereocenters. The fourth-order valence-corrected chi connectivity index (χ4v) is 3.02. The lowest BCUT2D eigenvalue weighted by Gasteiger charge is -2.23. The number of nitrogens with zero attached hydrogens (tertiary/aromatic N) is 3. The van der Waals surface area contributed by atoms with Gasteiger partial charge in [0.15, 0.2) is 0 Å². The van der Waals surface area contributed by atoms with E-state index in [9.17, 15) is 4.79 Å². The monoisotopic (exact) mass is 344 g/mol. The second-order valence-electron chi connectivity index (χ2n) is 6.32. The van der Waals surface area contributed by atoms with Crippen molar-refractivity contribution >= 4 is 17.5 Å². The fraction of sp³-hybridized carbons (Fsp3) is 0.444. The van der Waals surface area contributed by atoms with E-state index >= 15 is 0 Å². The van der Waals surface area contributed by atoms with Crippen LogP contribution in [0.5, 0.6) is 0 Å². The topological polar surface area (TPSA) is 70.8 Å². The molecule has 0 aromatic carbocycles. The Labute approximate surface area is 147 Å². The maximum atomic E-state index is 12.7. The molecule has 2 aromatic heterocycles. The summed E-state index contributed by atoms with van der Waals surface area (Å²) in [5.41, 5.74) is 0.681. The van der Waals surface area contributed by atoms with Crippen LogP contribution in [0.1, 0.15) is 30.4 Å². The van der Waals surface area contributed by atoms with E-state index in [1.54, 1.807) is 13.3 Å². The molecule has 1 aliphatic heterocycles. The van der Waals surface area contributed by atoms with Gasteiger partial charge in [-0.15, -0.1) is 0 Å². The zero-order valence-electron chi connectivity index (χ0n) is 14.9. The average molecular weight is 344 g/mol. The standard InChI is InChI=1S/C18H24N4O3/c1-21(2)17-9-6-13(11-19-17)20-18(23)22-10-4-5-15(22)16-8-7-14(25-16)12-24-3/h6-9,11,15H,4-5,10,12H2,1-3H3,(H,20,23)/t15-/m0/s1. The summed E-state index contributed by atoms with van der Waals surface area (Å²) in [5, 5.41) is 2.92. The summed E-state index contributed by atoms with van der Waals surface area (Å²) in [6.07, 6.45) is 3.52. The van der Waals surface area contributed by atoms with Crippen molar-refractivity contribution in [2.45, 2.75) is 25.5 Å². The van der Waals surface area contributed by atoms with Gasteiger partial charge in [-0.3, -0.25) is 0 Å². The van der Waals surface area contributed by atoms with Crippen LogP contribution in [0.25, 0.3) is 0 Å². The van der Waals surface area contributed by atoms with Crippen molar-refractivity contribution in [2.75, 3.05) is 38.0 Å². The lowest BCUT2D eigenvalue weighted by Crippen LogP contribution is -2.34. The van der Waals surface area contributed by atoms with Crippen molar-refractivity contribution in [3.8, 4) is 0 Å². The summed E-state index contributed by atoms with van der Waals surface area (Å²) >= 11 is 0. The predicted molar refractivity (Wildman–Crippen MR) is 95.7 cm³/mol. The molecule has 0 bridgehead atoms. The van der Waals surface area contributed by atoms with Crippen LogP contribution in [0, 0.1) is 0 Å². The second kappa shape index (κ2) is 7.57. The number of anilines is 2. The summed E-state index contributed by atoms with van der Waals surface area (Å²) in [5.74, 6) is 2.42. The first kappa shape index (κ1) is 17.3.